The maximum absolute atomic E-state index is 9.68. The molecule has 0 unspecified atom stereocenters. The molecule has 0 fully saturated rings. The second kappa shape index (κ2) is 5.98. The van der Waals surface area contributed by atoms with Gasteiger partial charge in [0.1, 0.15) is 11.2 Å². The van der Waals surface area contributed by atoms with Crippen LogP contribution in [0.5, 0.6) is 0 Å². The van der Waals surface area contributed by atoms with Gasteiger partial charge in [-0.05, 0) is 41.9 Å². The number of hydrogen-bond acceptors (Lipinski definition) is 3. The summed E-state index contributed by atoms with van der Waals surface area (Å²) >= 11 is 0. The minimum absolute atomic E-state index is 0.467. The Hall–Kier alpha value is -3.54. The summed E-state index contributed by atoms with van der Waals surface area (Å²) in [5.74, 6) is 0. The van der Waals surface area contributed by atoms with E-state index in [4.69, 9.17) is 4.42 Å². The minimum atomic E-state index is -1.51. The first-order valence-corrected chi connectivity index (χ1v) is 9.51. The summed E-state index contributed by atoms with van der Waals surface area (Å²) in [6.07, 6.45) is 0. The summed E-state index contributed by atoms with van der Waals surface area (Å²) < 4.78 is 8.30. The molecule has 0 saturated carbocycles. The summed E-state index contributed by atoms with van der Waals surface area (Å²) in [4.78, 5) is 0. The van der Waals surface area contributed by atoms with E-state index in [0.717, 1.165) is 49.4 Å². The number of hydrogen-bond donors (Lipinski definition) is 2. The van der Waals surface area contributed by atoms with Gasteiger partial charge in [0.2, 0.25) is 0 Å². The van der Waals surface area contributed by atoms with Gasteiger partial charge in [-0.1, -0.05) is 48.5 Å². The molecule has 0 aliphatic rings. The Morgan fingerprint density at radius 3 is 2.21 bits per heavy atom. The Kier molecular flexibility index (Phi) is 3.39. The van der Waals surface area contributed by atoms with Crippen LogP contribution in [0.25, 0.3) is 49.4 Å². The standard InChI is InChI=1S/C24H16BNO3/c27-25(28)15-10-11-21-18(12-15)19-14-24-20(17-8-4-5-9-23(17)29-24)13-22(19)26(21)16-6-2-1-3-7-16/h1-14,27-28H. The van der Waals surface area contributed by atoms with E-state index in [2.05, 4.69) is 34.9 Å². The molecule has 6 rings (SSSR count). The molecule has 4 nitrogen and oxygen atoms in total. The fraction of sp³-hybridized carbons (Fsp3) is 0. The fourth-order valence-corrected chi connectivity index (χ4v) is 4.27. The Bertz CT molecular complexity index is 1530. The number of aromatic nitrogens is 1. The summed E-state index contributed by atoms with van der Waals surface area (Å²) in [5.41, 5.74) is 5.26. The molecule has 0 radical (unpaired) electrons. The van der Waals surface area contributed by atoms with E-state index in [1.807, 2.05) is 48.5 Å². The first-order valence-electron chi connectivity index (χ1n) is 9.51. The average Bonchev–Trinajstić information content (AvgIpc) is 3.27. The molecule has 2 heterocycles. The van der Waals surface area contributed by atoms with Crippen LogP contribution in [0, 0.1) is 0 Å². The lowest BCUT2D eigenvalue weighted by Gasteiger charge is -2.08. The number of fused-ring (bicyclic) bond motifs is 6. The minimum Gasteiger partial charge on any atom is -0.456 e. The van der Waals surface area contributed by atoms with Crippen LogP contribution < -0.4 is 5.46 Å². The molecule has 2 aromatic heterocycles. The maximum Gasteiger partial charge on any atom is 0.488 e. The predicted molar refractivity (Wildman–Crippen MR) is 118 cm³/mol. The number of benzene rings is 4. The number of para-hydroxylation sites is 2. The zero-order valence-corrected chi connectivity index (χ0v) is 15.4. The first kappa shape index (κ1) is 16.4. The van der Waals surface area contributed by atoms with Crippen molar-refractivity contribution < 1.29 is 14.5 Å². The van der Waals surface area contributed by atoms with E-state index >= 15 is 0 Å². The third-order valence-electron chi connectivity index (χ3n) is 5.60. The zero-order valence-electron chi connectivity index (χ0n) is 15.4. The van der Waals surface area contributed by atoms with E-state index < -0.39 is 7.12 Å². The first-order chi connectivity index (χ1) is 14.2. The third-order valence-corrected chi connectivity index (χ3v) is 5.60. The SMILES string of the molecule is OB(O)c1ccc2c(c1)c1cc3oc4ccccc4c3cc1n2-c1ccccc1. The fourth-order valence-electron chi connectivity index (χ4n) is 4.27. The van der Waals surface area contributed by atoms with Crippen molar-refractivity contribution in [1.82, 2.24) is 4.57 Å². The largest absolute Gasteiger partial charge is 0.488 e. The summed E-state index contributed by atoms with van der Waals surface area (Å²) in [7, 11) is -1.51. The van der Waals surface area contributed by atoms with Gasteiger partial charge in [0.15, 0.2) is 0 Å². The Morgan fingerprint density at radius 2 is 1.38 bits per heavy atom. The molecule has 0 amide bonds. The molecule has 0 aliphatic carbocycles. The van der Waals surface area contributed by atoms with Crippen molar-refractivity contribution in [3.05, 3.63) is 84.9 Å². The molecule has 0 atom stereocenters. The third kappa shape index (κ3) is 2.35. The smallest absolute Gasteiger partial charge is 0.456 e. The lowest BCUT2D eigenvalue weighted by molar-refractivity contribution is 0.426. The van der Waals surface area contributed by atoms with E-state index in [1.165, 1.54) is 0 Å². The Balaban J connectivity index is 1.82. The quantitative estimate of drug-likeness (QED) is 0.441. The van der Waals surface area contributed by atoms with E-state index in [9.17, 15) is 10.0 Å². The van der Waals surface area contributed by atoms with Crippen LogP contribution in [-0.4, -0.2) is 21.7 Å². The van der Waals surface area contributed by atoms with Crippen molar-refractivity contribution in [3.8, 4) is 5.69 Å². The average molecular weight is 377 g/mol. The van der Waals surface area contributed by atoms with Crippen LogP contribution in [0.15, 0.2) is 89.3 Å². The monoisotopic (exact) mass is 377 g/mol. The topological polar surface area (TPSA) is 58.5 Å². The molecule has 138 valence electrons. The van der Waals surface area contributed by atoms with Crippen LogP contribution in [0.4, 0.5) is 0 Å². The van der Waals surface area contributed by atoms with Crippen LogP contribution >= 0.6 is 0 Å². The van der Waals surface area contributed by atoms with Crippen LogP contribution in [0.3, 0.4) is 0 Å². The van der Waals surface area contributed by atoms with E-state index in [-0.39, 0.29) is 0 Å². The van der Waals surface area contributed by atoms with Gasteiger partial charge in [0.25, 0.3) is 0 Å². The predicted octanol–water partition coefficient (Wildman–Crippen LogP) is 4.36. The molecule has 4 aromatic carbocycles. The van der Waals surface area contributed by atoms with Gasteiger partial charge in [0.05, 0.1) is 11.0 Å². The van der Waals surface area contributed by atoms with Gasteiger partial charge in [0, 0.05) is 27.2 Å². The highest BCUT2D eigenvalue weighted by atomic mass is 16.4. The van der Waals surface area contributed by atoms with E-state index in [1.54, 1.807) is 6.07 Å². The van der Waals surface area contributed by atoms with Crippen molar-refractivity contribution in [2.75, 3.05) is 0 Å². The summed E-state index contributed by atoms with van der Waals surface area (Å²) in [5, 5.41) is 23.5. The van der Waals surface area contributed by atoms with Crippen molar-refractivity contribution in [3.63, 3.8) is 0 Å². The van der Waals surface area contributed by atoms with Crippen LogP contribution in [0.2, 0.25) is 0 Å². The Morgan fingerprint density at radius 1 is 0.621 bits per heavy atom. The molecule has 0 saturated heterocycles. The molecule has 0 spiro atoms. The van der Waals surface area contributed by atoms with Crippen LogP contribution in [-0.2, 0) is 0 Å². The molecule has 6 aromatic rings. The van der Waals surface area contributed by atoms with Gasteiger partial charge in [-0.15, -0.1) is 0 Å². The molecular weight excluding hydrogens is 361 g/mol. The van der Waals surface area contributed by atoms with Crippen LogP contribution in [0.1, 0.15) is 0 Å². The zero-order chi connectivity index (χ0) is 19.5. The molecule has 29 heavy (non-hydrogen) atoms. The molecule has 2 N–H and O–H groups in total. The highest BCUT2D eigenvalue weighted by Crippen LogP contribution is 2.37. The van der Waals surface area contributed by atoms with Gasteiger partial charge < -0.3 is 19.0 Å². The Labute approximate surface area is 166 Å². The van der Waals surface area contributed by atoms with Gasteiger partial charge >= 0.3 is 7.12 Å². The number of nitrogens with zero attached hydrogens (tertiary/aromatic N) is 1. The summed E-state index contributed by atoms with van der Waals surface area (Å²) in [6, 6.07) is 28.0. The maximum atomic E-state index is 9.68. The second-order valence-corrected chi connectivity index (χ2v) is 7.28. The van der Waals surface area contributed by atoms with Crippen molar-refractivity contribution in [2.24, 2.45) is 0 Å². The van der Waals surface area contributed by atoms with Crippen molar-refractivity contribution >= 4 is 56.3 Å². The van der Waals surface area contributed by atoms with Crippen molar-refractivity contribution in [2.45, 2.75) is 0 Å². The normalized spacial score (nSPS) is 11.8. The molecular formula is C24H16BNO3. The van der Waals surface area contributed by atoms with Gasteiger partial charge in [-0.25, -0.2) is 0 Å². The number of rotatable bonds is 2. The van der Waals surface area contributed by atoms with Crippen molar-refractivity contribution in [1.29, 1.82) is 0 Å². The van der Waals surface area contributed by atoms with Gasteiger partial charge in [-0.2, -0.15) is 0 Å². The molecule has 0 bridgehead atoms. The van der Waals surface area contributed by atoms with Gasteiger partial charge in [-0.3, -0.25) is 0 Å². The molecule has 5 heteroatoms. The summed E-state index contributed by atoms with van der Waals surface area (Å²) in [6.45, 7) is 0. The molecule has 0 aliphatic heterocycles. The second-order valence-electron chi connectivity index (χ2n) is 7.28. The lowest BCUT2D eigenvalue weighted by Crippen LogP contribution is -2.29. The lowest BCUT2D eigenvalue weighted by atomic mass is 9.80. The van der Waals surface area contributed by atoms with E-state index in [0.29, 0.717) is 5.46 Å². The highest BCUT2D eigenvalue weighted by Gasteiger charge is 2.18. The highest BCUT2D eigenvalue weighted by molar-refractivity contribution is 6.59. The number of furan rings is 1.